The normalized spacial score (nSPS) is 18.1. The Kier molecular flexibility index (Phi) is 6.34. The molecular formula is C25H22ClF2N5O2. The van der Waals surface area contributed by atoms with Gasteiger partial charge >= 0.3 is 0 Å². The van der Waals surface area contributed by atoms with Gasteiger partial charge in [0.25, 0.3) is 11.9 Å². The van der Waals surface area contributed by atoms with Crippen molar-refractivity contribution in [2.45, 2.75) is 25.8 Å². The van der Waals surface area contributed by atoms with Crippen molar-refractivity contribution < 1.29 is 18.0 Å². The zero-order valence-electron chi connectivity index (χ0n) is 18.8. The highest BCUT2D eigenvalue weighted by Crippen LogP contribution is 2.31. The Bertz CT molecular complexity index is 1380. The van der Waals surface area contributed by atoms with E-state index in [0.29, 0.717) is 35.2 Å². The van der Waals surface area contributed by atoms with Crippen molar-refractivity contribution in [3.05, 3.63) is 71.0 Å². The number of hydrogen-bond acceptors (Lipinski definition) is 6. The van der Waals surface area contributed by atoms with E-state index in [4.69, 9.17) is 16.0 Å². The first kappa shape index (κ1) is 23.2. The number of halogens is 3. The molecule has 0 unspecified atom stereocenters. The van der Waals surface area contributed by atoms with Gasteiger partial charge in [-0.25, -0.2) is 18.7 Å². The molecule has 0 bridgehead atoms. The fourth-order valence-electron chi connectivity index (χ4n) is 4.51. The third-order valence-corrected chi connectivity index (χ3v) is 6.54. The fourth-order valence-corrected chi connectivity index (χ4v) is 4.67. The fraction of sp³-hybridized carbons (Fsp3) is 0.280. The number of amides is 1. The monoisotopic (exact) mass is 497 g/mol. The maximum atomic E-state index is 15.0. The summed E-state index contributed by atoms with van der Waals surface area (Å²) in [6.45, 7) is 2.76. The van der Waals surface area contributed by atoms with Gasteiger partial charge in [0.1, 0.15) is 5.52 Å². The average Bonchev–Trinajstić information content (AvgIpc) is 3.26. The first-order chi connectivity index (χ1) is 16.9. The van der Waals surface area contributed by atoms with Crippen LogP contribution in [0.3, 0.4) is 0 Å². The van der Waals surface area contributed by atoms with Crippen molar-refractivity contribution in [1.82, 2.24) is 19.9 Å². The van der Waals surface area contributed by atoms with Gasteiger partial charge in [-0.1, -0.05) is 18.5 Å². The van der Waals surface area contributed by atoms with Crippen LogP contribution in [-0.2, 0) is 0 Å². The van der Waals surface area contributed by atoms with Crippen molar-refractivity contribution in [2.24, 2.45) is 5.92 Å². The zero-order valence-corrected chi connectivity index (χ0v) is 19.6. The molecule has 2 atom stereocenters. The minimum absolute atomic E-state index is 0.104. The Balaban J connectivity index is 1.45. The largest absolute Gasteiger partial charge is 0.424 e. The van der Waals surface area contributed by atoms with Crippen LogP contribution in [0.1, 0.15) is 30.1 Å². The van der Waals surface area contributed by atoms with E-state index in [0.717, 1.165) is 18.9 Å². The highest BCUT2D eigenvalue weighted by atomic mass is 35.5. The number of benzene rings is 2. The molecule has 4 aromatic rings. The van der Waals surface area contributed by atoms with Gasteiger partial charge in [0.15, 0.2) is 23.0 Å². The minimum Gasteiger partial charge on any atom is -0.424 e. The van der Waals surface area contributed by atoms with Crippen LogP contribution in [0.5, 0.6) is 0 Å². The Labute approximate surface area is 205 Å². The SMILES string of the molecule is C[C@@H]1CCCN(C(=O)c2c(-c3ncccn3)ccc(F)c2F)[C@@H]1CNc1nc2cc(Cl)ccc2o1. The zero-order chi connectivity index (χ0) is 24.5. The number of nitrogens with one attached hydrogen (secondary N) is 1. The van der Waals surface area contributed by atoms with E-state index < -0.39 is 17.5 Å². The highest BCUT2D eigenvalue weighted by molar-refractivity contribution is 6.31. The molecule has 3 heterocycles. The number of carbonyl (C=O) groups is 1. The van der Waals surface area contributed by atoms with Gasteiger partial charge in [0, 0.05) is 36.1 Å². The molecule has 1 aliphatic rings. The number of rotatable bonds is 5. The Morgan fingerprint density at radius 2 is 2.03 bits per heavy atom. The second-order valence-electron chi connectivity index (χ2n) is 8.55. The number of oxazole rings is 1. The van der Waals surface area contributed by atoms with Crippen LogP contribution in [0.4, 0.5) is 14.8 Å². The number of nitrogens with zero attached hydrogens (tertiary/aromatic N) is 4. The van der Waals surface area contributed by atoms with E-state index >= 15 is 4.39 Å². The predicted molar refractivity (Wildman–Crippen MR) is 128 cm³/mol. The molecule has 2 aromatic heterocycles. The van der Waals surface area contributed by atoms with Crippen LogP contribution in [0, 0.1) is 17.6 Å². The summed E-state index contributed by atoms with van der Waals surface area (Å²) in [5.74, 6) is -2.66. The molecule has 1 fully saturated rings. The molecule has 5 rings (SSSR count). The second kappa shape index (κ2) is 9.58. The lowest BCUT2D eigenvalue weighted by Gasteiger charge is -2.40. The molecule has 1 amide bonds. The molecule has 180 valence electrons. The third-order valence-electron chi connectivity index (χ3n) is 6.30. The lowest BCUT2D eigenvalue weighted by molar-refractivity contribution is 0.0534. The number of piperidine rings is 1. The number of aromatic nitrogens is 3. The maximum absolute atomic E-state index is 15.0. The molecule has 10 heteroatoms. The standard InChI is InChI=1S/C25H22ClF2N5O2/c1-14-4-2-11-33(19(14)13-31-25-32-18-12-15(26)5-8-20(18)35-25)24(34)21-16(6-7-17(27)22(21)28)23-29-9-3-10-30-23/h3,5-10,12,14,19H,2,4,11,13H2,1H3,(H,31,32)/t14-,19-/m1/s1. The smallest absolute Gasteiger partial charge is 0.295 e. The summed E-state index contributed by atoms with van der Waals surface area (Å²) in [4.78, 5) is 27.9. The van der Waals surface area contributed by atoms with Crippen molar-refractivity contribution >= 4 is 34.6 Å². The molecule has 0 aliphatic carbocycles. The van der Waals surface area contributed by atoms with E-state index in [1.54, 1.807) is 29.2 Å². The molecule has 2 aromatic carbocycles. The molecule has 0 spiro atoms. The summed E-state index contributed by atoms with van der Waals surface area (Å²) < 4.78 is 35.0. The summed E-state index contributed by atoms with van der Waals surface area (Å²) in [6, 6.07) is 9.06. The third kappa shape index (κ3) is 4.55. The van der Waals surface area contributed by atoms with Gasteiger partial charge in [0.2, 0.25) is 0 Å². The van der Waals surface area contributed by atoms with Gasteiger partial charge in [-0.3, -0.25) is 4.79 Å². The van der Waals surface area contributed by atoms with Crippen LogP contribution in [0.25, 0.3) is 22.5 Å². The van der Waals surface area contributed by atoms with E-state index in [1.165, 1.54) is 18.5 Å². The second-order valence-corrected chi connectivity index (χ2v) is 8.99. The number of hydrogen-bond donors (Lipinski definition) is 1. The first-order valence-corrected chi connectivity index (χ1v) is 11.7. The number of fused-ring (bicyclic) bond motifs is 1. The molecular weight excluding hydrogens is 476 g/mol. The quantitative estimate of drug-likeness (QED) is 0.388. The molecule has 35 heavy (non-hydrogen) atoms. The van der Waals surface area contributed by atoms with E-state index in [1.807, 2.05) is 6.92 Å². The van der Waals surface area contributed by atoms with Gasteiger partial charge in [-0.05, 0) is 55.2 Å². The molecule has 1 N–H and O–H groups in total. The lowest BCUT2D eigenvalue weighted by Crippen LogP contribution is -2.51. The number of carbonyl (C=O) groups excluding carboxylic acids is 1. The lowest BCUT2D eigenvalue weighted by atomic mass is 9.89. The molecule has 0 radical (unpaired) electrons. The average molecular weight is 498 g/mol. The van der Waals surface area contributed by atoms with Gasteiger partial charge in [-0.2, -0.15) is 4.98 Å². The Morgan fingerprint density at radius 3 is 2.83 bits per heavy atom. The highest BCUT2D eigenvalue weighted by Gasteiger charge is 2.35. The topological polar surface area (TPSA) is 84.2 Å². The molecule has 1 saturated heterocycles. The van der Waals surface area contributed by atoms with E-state index in [-0.39, 0.29) is 28.9 Å². The summed E-state index contributed by atoms with van der Waals surface area (Å²) in [5.41, 5.74) is 0.969. The minimum atomic E-state index is -1.21. The number of likely N-dealkylation sites (tertiary alicyclic amines) is 1. The van der Waals surface area contributed by atoms with Crippen LogP contribution in [-0.4, -0.2) is 44.9 Å². The van der Waals surface area contributed by atoms with E-state index in [9.17, 15) is 9.18 Å². The molecule has 1 aliphatic heterocycles. The summed E-state index contributed by atoms with van der Waals surface area (Å²) in [7, 11) is 0. The van der Waals surface area contributed by atoms with Crippen LogP contribution >= 0.6 is 11.6 Å². The summed E-state index contributed by atoms with van der Waals surface area (Å²) in [5, 5.41) is 3.70. The Morgan fingerprint density at radius 1 is 1.23 bits per heavy atom. The van der Waals surface area contributed by atoms with Gasteiger partial charge in [-0.15, -0.1) is 0 Å². The van der Waals surface area contributed by atoms with Crippen LogP contribution in [0.15, 0.2) is 53.2 Å². The van der Waals surface area contributed by atoms with Crippen molar-refractivity contribution in [3.8, 4) is 11.4 Å². The van der Waals surface area contributed by atoms with Crippen molar-refractivity contribution in [3.63, 3.8) is 0 Å². The molecule has 7 nitrogen and oxygen atoms in total. The maximum Gasteiger partial charge on any atom is 0.295 e. The Hall–Kier alpha value is -3.59. The van der Waals surface area contributed by atoms with Crippen molar-refractivity contribution in [2.75, 3.05) is 18.4 Å². The van der Waals surface area contributed by atoms with Gasteiger partial charge in [0.05, 0.1) is 11.6 Å². The summed E-state index contributed by atoms with van der Waals surface area (Å²) >= 11 is 6.03. The van der Waals surface area contributed by atoms with Crippen molar-refractivity contribution in [1.29, 1.82) is 0 Å². The van der Waals surface area contributed by atoms with Crippen LogP contribution in [0.2, 0.25) is 5.02 Å². The number of anilines is 1. The van der Waals surface area contributed by atoms with Crippen LogP contribution < -0.4 is 5.32 Å². The summed E-state index contributed by atoms with van der Waals surface area (Å²) in [6.07, 6.45) is 4.61. The molecule has 0 saturated carbocycles. The van der Waals surface area contributed by atoms with E-state index in [2.05, 4.69) is 20.3 Å². The predicted octanol–water partition coefficient (Wildman–Crippen LogP) is 5.57. The first-order valence-electron chi connectivity index (χ1n) is 11.3. The van der Waals surface area contributed by atoms with Gasteiger partial charge < -0.3 is 14.6 Å².